The van der Waals surface area contributed by atoms with Crippen molar-refractivity contribution in [3.8, 4) is 11.4 Å². The molecule has 6 nitrogen and oxygen atoms in total. The highest BCUT2D eigenvalue weighted by Gasteiger charge is 2.14. The third-order valence-electron chi connectivity index (χ3n) is 4.69. The van der Waals surface area contributed by atoms with Crippen molar-refractivity contribution in [1.29, 1.82) is 0 Å². The fourth-order valence-electron chi connectivity index (χ4n) is 2.80. The van der Waals surface area contributed by atoms with E-state index in [0.29, 0.717) is 5.16 Å². The lowest BCUT2D eigenvalue weighted by Gasteiger charge is -2.12. The molecule has 0 spiro atoms. The number of amides is 1. The first-order valence-corrected chi connectivity index (χ1v) is 10.0. The van der Waals surface area contributed by atoms with Crippen LogP contribution < -0.4 is 10.2 Å². The molecule has 1 aromatic heterocycles. The third-order valence-corrected chi connectivity index (χ3v) is 5.71. The van der Waals surface area contributed by atoms with E-state index in [1.54, 1.807) is 0 Å². The van der Waals surface area contributed by atoms with Crippen molar-refractivity contribution in [3.63, 3.8) is 0 Å². The van der Waals surface area contributed by atoms with Crippen LogP contribution in [-0.2, 0) is 11.8 Å². The van der Waals surface area contributed by atoms with Crippen molar-refractivity contribution in [2.24, 2.45) is 7.05 Å². The number of nitrogens with zero attached hydrogens (tertiary/aromatic N) is 4. The van der Waals surface area contributed by atoms with Crippen molar-refractivity contribution in [2.75, 3.05) is 30.1 Å². The lowest BCUT2D eigenvalue weighted by atomic mass is 10.1. The Morgan fingerprint density at radius 3 is 2.50 bits per heavy atom. The summed E-state index contributed by atoms with van der Waals surface area (Å²) >= 11 is 1.38. The second kappa shape index (κ2) is 8.48. The summed E-state index contributed by atoms with van der Waals surface area (Å²) in [5.41, 5.74) is 5.22. The Balaban J connectivity index is 1.65. The zero-order valence-electron chi connectivity index (χ0n) is 16.9. The highest BCUT2D eigenvalue weighted by molar-refractivity contribution is 7.99. The molecule has 0 aliphatic heterocycles. The number of carbonyl (C=O) groups excluding carboxylic acids is 1. The van der Waals surface area contributed by atoms with Crippen molar-refractivity contribution in [2.45, 2.75) is 19.0 Å². The van der Waals surface area contributed by atoms with Crippen LogP contribution in [0.4, 0.5) is 11.4 Å². The van der Waals surface area contributed by atoms with Crippen LogP contribution in [0.1, 0.15) is 11.1 Å². The molecule has 1 N–H and O–H groups in total. The fourth-order valence-corrected chi connectivity index (χ4v) is 3.51. The highest BCUT2D eigenvalue weighted by Crippen LogP contribution is 2.25. The number of thioether (sulfide) groups is 1. The van der Waals surface area contributed by atoms with Gasteiger partial charge in [0, 0.05) is 38.1 Å². The molecule has 1 amide bonds. The molecule has 0 unspecified atom stereocenters. The van der Waals surface area contributed by atoms with Crippen LogP contribution in [0.3, 0.4) is 0 Å². The van der Waals surface area contributed by atoms with E-state index in [-0.39, 0.29) is 11.7 Å². The standard InChI is InChI=1S/C21H25N5OS/c1-14-7-6-8-18(15(14)2)22-19(27)13-28-21-24-23-20(26(21)5)16-9-11-17(12-10-16)25(3)4/h6-12H,13H2,1-5H3,(H,22,27). The summed E-state index contributed by atoms with van der Waals surface area (Å²) in [5, 5.41) is 12.2. The molecular weight excluding hydrogens is 370 g/mol. The lowest BCUT2D eigenvalue weighted by molar-refractivity contribution is -0.113. The molecular formula is C21H25N5OS. The normalized spacial score (nSPS) is 10.8. The van der Waals surface area contributed by atoms with Gasteiger partial charge in [0.25, 0.3) is 0 Å². The van der Waals surface area contributed by atoms with Crippen molar-refractivity contribution >= 4 is 29.0 Å². The summed E-state index contributed by atoms with van der Waals surface area (Å²) in [6.07, 6.45) is 0. The van der Waals surface area contributed by atoms with Gasteiger partial charge in [0.1, 0.15) is 0 Å². The average Bonchev–Trinajstić information content (AvgIpc) is 3.04. The number of carbonyl (C=O) groups is 1. The zero-order valence-corrected chi connectivity index (χ0v) is 17.7. The maximum Gasteiger partial charge on any atom is 0.234 e. The van der Waals surface area contributed by atoms with Gasteiger partial charge in [-0.15, -0.1) is 10.2 Å². The van der Waals surface area contributed by atoms with Gasteiger partial charge in [0.15, 0.2) is 11.0 Å². The minimum absolute atomic E-state index is 0.0569. The van der Waals surface area contributed by atoms with Gasteiger partial charge in [0.2, 0.25) is 5.91 Å². The number of aryl methyl sites for hydroxylation is 1. The van der Waals surface area contributed by atoms with Gasteiger partial charge in [-0.2, -0.15) is 0 Å². The van der Waals surface area contributed by atoms with Crippen LogP contribution in [-0.4, -0.2) is 40.5 Å². The Kier molecular flexibility index (Phi) is 6.04. The molecule has 0 radical (unpaired) electrons. The molecule has 3 rings (SSSR count). The van der Waals surface area contributed by atoms with E-state index in [0.717, 1.165) is 33.9 Å². The van der Waals surface area contributed by atoms with Crippen molar-refractivity contribution < 1.29 is 4.79 Å². The molecule has 0 aliphatic rings. The summed E-state index contributed by atoms with van der Waals surface area (Å²) in [7, 11) is 5.94. The smallest absolute Gasteiger partial charge is 0.234 e. The lowest BCUT2D eigenvalue weighted by Crippen LogP contribution is -2.15. The van der Waals surface area contributed by atoms with Gasteiger partial charge in [-0.3, -0.25) is 4.79 Å². The molecule has 7 heteroatoms. The highest BCUT2D eigenvalue weighted by atomic mass is 32.2. The number of benzene rings is 2. The maximum absolute atomic E-state index is 12.3. The quantitative estimate of drug-likeness (QED) is 0.642. The Hall–Kier alpha value is -2.80. The summed E-state index contributed by atoms with van der Waals surface area (Å²) in [4.78, 5) is 14.4. The van der Waals surface area contributed by atoms with Crippen molar-refractivity contribution in [3.05, 3.63) is 53.6 Å². The number of hydrogen-bond donors (Lipinski definition) is 1. The molecule has 0 bridgehead atoms. The maximum atomic E-state index is 12.3. The van der Waals surface area contributed by atoms with E-state index in [1.807, 2.05) is 69.9 Å². The molecule has 1 heterocycles. The Morgan fingerprint density at radius 2 is 1.82 bits per heavy atom. The molecule has 2 aromatic carbocycles. The largest absolute Gasteiger partial charge is 0.378 e. The fraction of sp³-hybridized carbons (Fsp3) is 0.286. The number of hydrogen-bond acceptors (Lipinski definition) is 5. The first kappa shape index (κ1) is 19.9. The first-order valence-electron chi connectivity index (χ1n) is 9.03. The summed E-state index contributed by atoms with van der Waals surface area (Å²) in [6, 6.07) is 14.1. The molecule has 3 aromatic rings. The van der Waals surface area contributed by atoms with Gasteiger partial charge in [-0.1, -0.05) is 23.9 Å². The molecule has 146 valence electrons. The summed E-state index contributed by atoms with van der Waals surface area (Å²) in [6.45, 7) is 4.04. The van der Waals surface area contributed by atoms with Crippen LogP contribution in [0.2, 0.25) is 0 Å². The summed E-state index contributed by atoms with van der Waals surface area (Å²) in [5.74, 6) is 1.00. The monoisotopic (exact) mass is 395 g/mol. The predicted octanol–water partition coefficient (Wildman–Crippen LogP) is 3.90. The second-order valence-electron chi connectivity index (χ2n) is 6.89. The van der Waals surface area contributed by atoms with Gasteiger partial charge in [-0.25, -0.2) is 0 Å². The Morgan fingerprint density at radius 1 is 1.11 bits per heavy atom. The molecule has 0 fully saturated rings. The van der Waals surface area contributed by atoms with E-state index in [1.165, 1.54) is 11.8 Å². The van der Waals surface area contributed by atoms with Crippen LogP contribution in [0.15, 0.2) is 47.6 Å². The van der Waals surface area contributed by atoms with E-state index in [9.17, 15) is 4.79 Å². The second-order valence-corrected chi connectivity index (χ2v) is 7.83. The van der Waals surface area contributed by atoms with E-state index < -0.39 is 0 Å². The first-order chi connectivity index (χ1) is 13.4. The number of rotatable bonds is 6. The van der Waals surface area contributed by atoms with Crippen LogP contribution >= 0.6 is 11.8 Å². The van der Waals surface area contributed by atoms with Crippen molar-refractivity contribution in [1.82, 2.24) is 14.8 Å². The van der Waals surface area contributed by atoms with Gasteiger partial charge >= 0.3 is 0 Å². The Labute approximate surface area is 170 Å². The molecule has 0 saturated carbocycles. The third kappa shape index (κ3) is 4.36. The number of anilines is 2. The van der Waals surface area contributed by atoms with Crippen LogP contribution in [0, 0.1) is 13.8 Å². The average molecular weight is 396 g/mol. The molecule has 28 heavy (non-hydrogen) atoms. The zero-order chi connectivity index (χ0) is 20.3. The van der Waals surface area contributed by atoms with E-state index >= 15 is 0 Å². The van der Waals surface area contributed by atoms with Crippen LogP contribution in [0.5, 0.6) is 0 Å². The molecule has 0 atom stereocenters. The van der Waals surface area contributed by atoms with E-state index in [4.69, 9.17) is 0 Å². The van der Waals surface area contributed by atoms with Gasteiger partial charge < -0.3 is 14.8 Å². The minimum Gasteiger partial charge on any atom is -0.378 e. The topological polar surface area (TPSA) is 63.1 Å². The van der Waals surface area contributed by atoms with Gasteiger partial charge in [-0.05, 0) is 55.3 Å². The van der Waals surface area contributed by atoms with E-state index in [2.05, 4.69) is 32.5 Å². The number of aromatic nitrogens is 3. The molecule has 0 aliphatic carbocycles. The van der Waals surface area contributed by atoms with Crippen LogP contribution in [0.25, 0.3) is 11.4 Å². The minimum atomic E-state index is -0.0569. The number of nitrogens with one attached hydrogen (secondary N) is 1. The predicted molar refractivity (Wildman–Crippen MR) is 116 cm³/mol. The summed E-state index contributed by atoms with van der Waals surface area (Å²) < 4.78 is 1.92. The van der Waals surface area contributed by atoms with Gasteiger partial charge in [0.05, 0.1) is 5.75 Å². The molecule has 0 saturated heterocycles. The Bertz CT molecular complexity index is 979. The SMILES string of the molecule is Cc1cccc(NC(=O)CSc2nnc(-c3ccc(N(C)C)cc3)n2C)c1C.